The first-order valence-corrected chi connectivity index (χ1v) is 1.15. The summed E-state index contributed by atoms with van der Waals surface area (Å²) in [5, 5.41) is 8.54. The number of hydrogen-bond acceptors (Lipinski definition) is 1. The molecule has 0 amide bonds. The van der Waals surface area contributed by atoms with E-state index in [-0.39, 0.29) is 29.6 Å². The Morgan fingerprint density at radius 2 is 1.50 bits per heavy atom. The minimum absolute atomic E-state index is 0. The number of rotatable bonds is 0. The summed E-state index contributed by atoms with van der Waals surface area (Å²) < 4.78 is 20.5. The second kappa shape index (κ2) is 3.16. The van der Waals surface area contributed by atoms with Gasteiger partial charge in [-0.15, -0.1) is 0 Å². The maximum absolute atomic E-state index is 10.2. The van der Waals surface area contributed by atoms with Crippen LogP contribution in [0.2, 0.25) is 0 Å². The van der Waals surface area contributed by atoms with Crippen molar-refractivity contribution in [1.82, 2.24) is 0 Å². The normalized spacial score (nSPS) is 10.0. The molecule has 0 saturated carbocycles. The molecule has 0 aliphatic rings. The number of alkyl halides is 3. The van der Waals surface area contributed by atoms with Crippen LogP contribution in [0.5, 0.6) is 0 Å². The van der Waals surface area contributed by atoms with Crippen molar-refractivity contribution in [3.05, 3.63) is 0 Å². The molecule has 32 valence electrons. The minimum atomic E-state index is -4.28. The van der Waals surface area contributed by atoms with Crippen LogP contribution in [0.1, 0.15) is 0 Å². The van der Waals surface area contributed by atoms with Crippen molar-refractivity contribution >= 4 is 11.6 Å². The van der Waals surface area contributed by atoms with Crippen LogP contribution in [-0.4, -0.2) is 5.57 Å². The van der Waals surface area contributed by atoms with E-state index in [4.69, 9.17) is 5.11 Å². The zero-order valence-electron chi connectivity index (χ0n) is 3.04. The summed E-state index contributed by atoms with van der Waals surface area (Å²) in [6.45, 7) is 0. The molecule has 0 aliphatic carbocycles. The Bertz CT molecular complexity index is 29.0. The number of hydrogen-bond donors (Lipinski definition) is 0. The SMILES string of the molecule is [Na+].[O-]C(F)(F)Cl. The third kappa shape index (κ3) is 70.1. The maximum atomic E-state index is 10.2. The van der Waals surface area contributed by atoms with Gasteiger partial charge in [0.1, 0.15) is 0 Å². The van der Waals surface area contributed by atoms with Crippen LogP contribution in [0.4, 0.5) is 8.78 Å². The van der Waals surface area contributed by atoms with E-state index in [0.29, 0.717) is 0 Å². The van der Waals surface area contributed by atoms with Crippen LogP contribution in [0.3, 0.4) is 0 Å². The molecule has 0 bridgehead atoms. The fourth-order valence-electron chi connectivity index (χ4n) is 0. The molecule has 0 aromatic rings. The molecule has 0 unspecified atom stereocenters. The van der Waals surface area contributed by atoms with Crippen LogP contribution >= 0.6 is 11.6 Å². The Morgan fingerprint density at radius 3 is 1.50 bits per heavy atom. The van der Waals surface area contributed by atoms with Crippen molar-refractivity contribution in [3.63, 3.8) is 0 Å². The average Bonchev–Trinajstić information content (AvgIpc) is 0.722. The van der Waals surface area contributed by atoms with Gasteiger partial charge in [-0.25, -0.2) is 8.78 Å². The van der Waals surface area contributed by atoms with Crippen molar-refractivity contribution < 1.29 is 43.4 Å². The standard InChI is InChI=1S/CClF2O.Na/c2-1(3,4)5;/q-1;+1. The Hall–Kier alpha value is 1.11. The maximum Gasteiger partial charge on any atom is 1.00 e. The van der Waals surface area contributed by atoms with E-state index in [1.165, 1.54) is 0 Å². The first-order chi connectivity index (χ1) is 2.00. The van der Waals surface area contributed by atoms with E-state index in [1.54, 1.807) is 0 Å². The van der Waals surface area contributed by atoms with Gasteiger partial charge < -0.3 is 5.11 Å². The van der Waals surface area contributed by atoms with Crippen LogP contribution in [0, 0.1) is 0 Å². The van der Waals surface area contributed by atoms with Gasteiger partial charge >= 0.3 is 29.6 Å². The molecule has 0 spiro atoms. The Labute approximate surface area is 60.6 Å². The average molecular weight is 124 g/mol. The van der Waals surface area contributed by atoms with Crippen molar-refractivity contribution in [3.8, 4) is 0 Å². The van der Waals surface area contributed by atoms with Gasteiger partial charge in [-0.2, -0.15) is 0 Å². The number of halogens is 3. The van der Waals surface area contributed by atoms with E-state index < -0.39 is 5.57 Å². The quantitative estimate of drug-likeness (QED) is 0.252. The van der Waals surface area contributed by atoms with Crippen molar-refractivity contribution in [2.24, 2.45) is 0 Å². The van der Waals surface area contributed by atoms with Crippen molar-refractivity contribution in [2.75, 3.05) is 0 Å². The third-order valence-electron chi connectivity index (χ3n) is 0. The van der Waals surface area contributed by atoms with Gasteiger partial charge in [-0.1, -0.05) is 11.6 Å². The molecule has 0 N–H and O–H groups in total. The van der Waals surface area contributed by atoms with Gasteiger partial charge in [0.05, 0.1) is 0 Å². The molecule has 0 atom stereocenters. The van der Waals surface area contributed by atoms with Gasteiger partial charge in [0.15, 0.2) is 0 Å². The Kier molecular flexibility index (Phi) is 5.35. The fraction of sp³-hybridized carbons (Fsp3) is 1.00. The van der Waals surface area contributed by atoms with Crippen LogP contribution in [0.15, 0.2) is 0 Å². The monoisotopic (exact) mass is 124 g/mol. The Morgan fingerprint density at radius 1 is 1.50 bits per heavy atom. The molecule has 0 saturated heterocycles. The molecule has 0 radical (unpaired) electrons. The molecule has 0 aromatic carbocycles. The molecule has 5 heteroatoms. The summed E-state index contributed by atoms with van der Waals surface area (Å²) in [7, 11) is 0. The van der Waals surface area contributed by atoms with Crippen molar-refractivity contribution in [1.29, 1.82) is 0 Å². The first kappa shape index (κ1) is 10.2. The molecule has 1 nitrogen and oxygen atoms in total. The molecule has 0 aliphatic heterocycles. The predicted octanol–water partition coefficient (Wildman–Crippen LogP) is -2.86. The second-order valence-corrected chi connectivity index (χ2v) is 0.886. The van der Waals surface area contributed by atoms with Crippen LogP contribution in [0.25, 0.3) is 0 Å². The van der Waals surface area contributed by atoms with E-state index in [2.05, 4.69) is 11.6 Å². The molecular weight excluding hydrogens is 124 g/mol. The van der Waals surface area contributed by atoms with E-state index in [0.717, 1.165) is 0 Å². The van der Waals surface area contributed by atoms with Crippen LogP contribution < -0.4 is 34.7 Å². The molecule has 0 rings (SSSR count). The zero-order valence-corrected chi connectivity index (χ0v) is 5.80. The molecule has 0 fully saturated rings. The molecule has 6 heavy (non-hydrogen) atoms. The minimum Gasteiger partial charge on any atom is -0.785 e. The van der Waals surface area contributed by atoms with E-state index in [1.807, 2.05) is 0 Å². The van der Waals surface area contributed by atoms with Gasteiger partial charge in [-0.05, 0) is 0 Å². The van der Waals surface area contributed by atoms with Gasteiger partial charge in [0.25, 0.3) is 5.57 Å². The van der Waals surface area contributed by atoms with Gasteiger partial charge in [0.2, 0.25) is 0 Å². The summed E-state index contributed by atoms with van der Waals surface area (Å²) in [6, 6.07) is 0. The molecular formula is CClF2NaO. The van der Waals surface area contributed by atoms with Crippen LogP contribution in [-0.2, 0) is 0 Å². The summed E-state index contributed by atoms with van der Waals surface area (Å²) in [4.78, 5) is 0. The van der Waals surface area contributed by atoms with Gasteiger partial charge in [-0.3, -0.25) is 0 Å². The second-order valence-electron chi connectivity index (χ2n) is 0.446. The largest absolute Gasteiger partial charge is 1.00 e. The summed E-state index contributed by atoms with van der Waals surface area (Å²) in [5.74, 6) is 0. The topological polar surface area (TPSA) is 23.1 Å². The van der Waals surface area contributed by atoms with E-state index >= 15 is 0 Å². The summed E-state index contributed by atoms with van der Waals surface area (Å²) in [6.07, 6.45) is 0. The zero-order chi connectivity index (χ0) is 4.50. The Balaban J connectivity index is 0. The van der Waals surface area contributed by atoms with Gasteiger partial charge in [0, 0.05) is 0 Å². The first-order valence-electron chi connectivity index (χ1n) is 0.771. The molecule has 0 heterocycles. The molecule has 0 aromatic heterocycles. The summed E-state index contributed by atoms with van der Waals surface area (Å²) >= 11 is 3.64. The fourth-order valence-corrected chi connectivity index (χ4v) is 0. The smallest absolute Gasteiger partial charge is 0.785 e. The third-order valence-corrected chi connectivity index (χ3v) is 0. The van der Waals surface area contributed by atoms with E-state index in [9.17, 15) is 8.78 Å². The summed E-state index contributed by atoms with van der Waals surface area (Å²) in [5.41, 5.74) is -4.28. The van der Waals surface area contributed by atoms with Crippen molar-refractivity contribution in [2.45, 2.75) is 5.57 Å². The predicted molar refractivity (Wildman–Crippen MR) is 10.8 cm³/mol.